The quantitative estimate of drug-likeness (QED) is 0.613. The molecule has 1 aliphatic carbocycles. The van der Waals surface area contributed by atoms with Gasteiger partial charge in [0.25, 0.3) is 0 Å². The summed E-state index contributed by atoms with van der Waals surface area (Å²) in [5.41, 5.74) is 0.521. The molecule has 0 radical (unpaired) electrons. The van der Waals surface area contributed by atoms with Gasteiger partial charge in [-0.25, -0.2) is 0 Å². The van der Waals surface area contributed by atoms with Crippen molar-refractivity contribution in [3.63, 3.8) is 0 Å². The first kappa shape index (κ1) is 11.0. The molecule has 0 saturated heterocycles. The van der Waals surface area contributed by atoms with E-state index >= 15 is 0 Å². The molecule has 0 heterocycles. The minimum absolute atomic E-state index is 0.0916. The molecule has 2 atom stereocenters. The molecule has 13 heavy (non-hydrogen) atoms. The molecule has 1 rings (SSSR count). The van der Waals surface area contributed by atoms with E-state index < -0.39 is 0 Å². The van der Waals surface area contributed by atoms with Crippen LogP contribution in [0.5, 0.6) is 0 Å². The van der Waals surface area contributed by atoms with Gasteiger partial charge in [-0.1, -0.05) is 34.6 Å². The molecule has 0 aromatic heterocycles. The van der Waals surface area contributed by atoms with Crippen LogP contribution < -0.4 is 0 Å². The summed E-state index contributed by atoms with van der Waals surface area (Å²) in [5, 5.41) is 9.82. The summed E-state index contributed by atoms with van der Waals surface area (Å²) in [4.78, 5) is 0. The Morgan fingerprint density at radius 1 is 1.15 bits per heavy atom. The van der Waals surface area contributed by atoms with Gasteiger partial charge >= 0.3 is 0 Å². The fourth-order valence-electron chi connectivity index (χ4n) is 2.36. The van der Waals surface area contributed by atoms with Gasteiger partial charge in [-0.05, 0) is 36.0 Å². The van der Waals surface area contributed by atoms with Crippen LogP contribution in [0.3, 0.4) is 0 Å². The number of aliphatic hydroxyl groups is 1. The highest BCUT2D eigenvalue weighted by Crippen LogP contribution is 2.45. The number of hydrogen-bond acceptors (Lipinski definition) is 1. The zero-order chi connectivity index (χ0) is 10.3. The first-order chi connectivity index (χ1) is 5.73. The molecule has 1 saturated carbocycles. The van der Waals surface area contributed by atoms with Crippen LogP contribution in [-0.2, 0) is 0 Å². The summed E-state index contributed by atoms with van der Waals surface area (Å²) in [6.07, 6.45) is 3.24. The minimum atomic E-state index is -0.0916. The van der Waals surface area contributed by atoms with Crippen molar-refractivity contribution in [2.45, 2.75) is 60.0 Å². The van der Waals surface area contributed by atoms with Crippen molar-refractivity contribution in [3.8, 4) is 0 Å². The Hall–Kier alpha value is -0.0400. The maximum absolute atomic E-state index is 9.82. The number of aliphatic hydroxyl groups excluding tert-OH is 1. The van der Waals surface area contributed by atoms with Crippen molar-refractivity contribution >= 4 is 0 Å². The van der Waals surface area contributed by atoms with Gasteiger partial charge in [-0.15, -0.1) is 0 Å². The Balaban J connectivity index is 2.66. The van der Waals surface area contributed by atoms with Gasteiger partial charge in [0.15, 0.2) is 0 Å². The zero-order valence-corrected chi connectivity index (χ0v) is 9.72. The lowest BCUT2D eigenvalue weighted by Gasteiger charge is -2.44. The molecule has 0 aliphatic heterocycles. The van der Waals surface area contributed by atoms with E-state index in [9.17, 15) is 5.11 Å². The van der Waals surface area contributed by atoms with Gasteiger partial charge in [0.1, 0.15) is 0 Å². The lowest BCUT2D eigenvalue weighted by Crippen LogP contribution is -2.40. The average molecular weight is 184 g/mol. The normalized spacial score (nSPS) is 34.6. The highest BCUT2D eigenvalue weighted by molar-refractivity contribution is 4.90. The van der Waals surface area contributed by atoms with Gasteiger partial charge in [0, 0.05) is 0 Å². The molecule has 0 amide bonds. The number of rotatable bonds is 0. The average Bonchev–Trinajstić information content (AvgIpc) is 1.92. The molecular weight excluding hydrogens is 160 g/mol. The molecule has 0 aromatic carbocycles. The van der Waals surface area contributed by atoms with Crippen molar-refractivity contribution in [1.82, 2.24) is 0 Å². The van der Waals surface area contributed by atoms with E-state index in [4.69, 9.17) is 0 Å². The molecule has 78 valence electrons. The van der Waals surface area contributed by atoms with Crippen molar-refractivity contribution in [1.29, 1.82) is 0 Å². The van der Waals surface area contributed by atoms with E-state index in [0.717, 1.165) is 18.8 Å². The summed E-state index contributed by atoms with van der Waals surface area (Å²) in [6.45, 7) is 11.3. The van der Waals surface area contributed by atoms with Crippen molar-refractivity contribution in [3.05, 3.63) is 0 Å². The second kappa shape index (κ2) is 3.27. The molecule has 1 nitrogen and oxygen atoms in total. The molecule has 0 spiro atoms. The fraction of sp³-hybridized carbons (Fsp3) is 1.00. The van der Waals surface area contributed by atoms with Crippen LogP contribution in [0.4, 0.5) is 0 Å². The zero-order valence-electron chi connectivity index (χ0n) is 9.72. The third-order valence-corrected chi connectivity index (χ3v) is 3.69. The van der Waals surface area contributed by atoms with Gasteiger partial charge in [0.05, 0.1) is 6.10 Å². The third kappa shape index (κ3) is 2.46. The van der Waals surface area contributed by atoms with Gasteiger partial charge in [-0.2, -0.15) is 0 Å². The van der Waals surface area contributed by atoms with E-state index in [1.807, 2.05) is 0 Å². The van der Waals surface area contributed by atoms with Crippen molar-refractivity contribution in [2.75, 3.05) is 0 Å². The van der Waals surface area contributed by atoms with Crippen molar-refractivity contribution in [2.24, 2.45) is 16.7 Å². The van der Waals surface area contributed by atoms with Crippen molar-refractivity contribution < 1.29 is 5.11 Å². The Morgan fingerprint density at radius 2 is 1.69 bits per heavy atom. The van der Waals surface area contributed by atoms with E-state index in [1.165, 1.54) is 6.42 Å². The lowest BCUT2D eigenvalue weighted by molar-refractivity contribution is -0.0305. The highest BCUT2D eigenvalue weighted by Gasteiger charge is 2.39. The van der Waals surface area contributed by atoms with Crippen LogP contribution in [0.2, 0.25) is 0 Å². The SMILES string of the molecule is CC(C)(C)[C@H]1CC[C@H](O)C(C)(C)C1. The standard InChI is InChI=1S/C12H24O/c1-11(2,3)9-6-7-10(13)12(4,5)8-9/h9-10,13H,6-8H2,1-5H3/t9-,10-/m0/s1. The van der Waals surface area contributed by atoms with Crippen LogP contribution >= 0.6 is 0 Å². The molecule has 1 fully saturated rings. The van der Waals surface area contributed by atoms with E-state index in [-0.39, 0.29) is 11.5 Å². The van der Waals surface area contributed by atoms with Gasteiger partial charge in [0.2, 0.25) is 0 Å². The first-order valence-corrected chi connectivity index (χ1v) is 5.41. The summed E-state index contributed by atoms with van der Waals surface area (Å²) < 4.78 is 0. The summed E-state index contributed by atoms with van der Waals surface area (Å²) >= 11 is 0. The molecule has 0 bridgehead atoms. The Labute approximate surface area is 82.5 Å². The Kier molecular flexibility index (Phi) is 2.78. The fourth-order valence-corrected chi connectivity index (χ4v) is 2.36. The summed E-state index contributed by atoms with van der Waals surface area (Å²) in [7, 11) is 0. The molecule has 0 aromatic rings. The molecule has 1 aliphatic rings. The monoisotopic (exact) mass is 184 g/mol. The summed E-state index contributed by atoms with van der Waals surface area (Å²) in [6, 6.07) is 0. The minimum Gasteiger partial charge on any atom is -0.393 e. The summed E-state index contributed by atoms with van der Waals surface area (Å²) in [5.74, 6) is 0.769. The van der Waals surface area contributed by atoms with Gasteiger partial charge < -0.3 is 5.11 Å². The van der Waals surface area contributed by atoms with Crippen LogP contribution in [0.1, 0.15) is 53.9 Å². The van der Waals surface area contributed by atoms with Crippen LogP contribution in [0, 0.1) is 16.7 Å². The third-order valence-electron chi connectivity index (χ3n) is 3.69. The predicted molar refractivity (Wildman–Crippen MR) is 56.6 cm³/mol. The number of hydrogen-bond donors (Lipinski definition) is 1. The highest BCUT2D eigenvalue weighted by atomic mass is 16.3. The maximum atomic E-state index is 9.82. The molecule has 1 heteroatoms. The van der Waals surface area contributed by atoms with E-state index in [1.54, 1.807) is 0 Å². The molecular formula is C12H24O. The van der Waals surface area contributed by atoms with E-state index in [0.29, 0.717) is 5.41 Å². The first-order valence-electron chi connectivity index (χ1n) is 5.41. The lowest BCUT2D eigenvalue weighted by atomic mass is 9.63. The van der Waals surface area contributed by atoms with Crippen LogP contribution in [0.15, 0.2) is 0 Å². The maximum Gasteiger partial charge on any atom is 0.0591 e. The smallest absolute Gasteiger partial charge is 0.0591 e. The molecule has 0 unspecified atom stereocenters. The van der Waals surface area contributed by atoms with Crippen LogP contribution in [0.25, 0.3) is 0 Å². The second-order valence-corrected chi connectivity index (χ2v) is 6.35. The molecule has 1 N–H and O–H groups in total. The Bertz CT molecular complexity index is 176. The second-order valence-electron chi connectivity index (χ2n) is 6.35. The van der Waals surface area contributed by atoms with E-state index in [2.05, 4.69) is 34.6 Å². The van der Waals surface area contributed by atoms with Crippen LogP contribution in [-0.4, -0.2) is 11.2 Å². The van der Waals surface area contributed by atoms with Gasteiger partial charge in [-0.3, -0.25) is 0 Å². The topological polar surface area (TPSA) is 20.2 Å². The Morgan fingerprint density at radius 3 is 2.08 bits per heavy atom. The predicted octanol–water partition coefficient (Wildman–Crippen LogP) is 3.22. The largest absolute Gasteiger partial charge is 0.393 e.